The number of hydrogen-bond donors (Lipinski definition) is 1. The van der Waals surface area contributed by atoms with E-state index in [1.54, 1.807) is 4.90 Å². The minimum atomic E-state index is -4.46. The highest BCUT2D eigenvalue weighted by Gasteiger charge is 2.34. The summed E-state index contributed by atoms with van der Waals surface area (Å²) in [5, 5.41) is 2.49. The van der Waals surface area contributed by atoms with Crippen molar-refractivity contribution in [1.82, 2.24) is 9.80 Å². The Hall–Kier alpha value is -2.09. The van der Waals surface area contributed by atoms with Crippen molar-refractivity contribution in [2.75, 3.05) is 39.0 Å². The fourth-order valence-corrected chi connectivity index (χ4v) is 2.76. The van der Waals surface area contributed by atoms with E-state index in [9.17, 15) is 22.8 Å². The van der Waals surface area contributed by atoms with E-state index in [0.29, 0.717) is 13.1 Å². The number of anilines is 1. The average molecular weight is 357 g/mol. The van der Waals surface area contributed by atoms with Crippen molar-refractivity contribution in [2.24, 2.45) is 5.92 Å². The SMILES string of the molecule is CN(C)CCCN1CC(C(=O)Nc2cccc(C(F)(F)F)c2)CC1=O. The van der Waals surface area contributed by atoms with Crippen molar-refractivity contribution in [3.8, 4) is 0 Å². The molecule has 1 aromatic carbocycles. The van der Waals surface area contributed by atoms with Crippen molar-refractivity contribution in [3.05, 3.63) is 29.8 Å². The number of carbonyl (C=O) groups is 2. The summed E-state index contributed by atoms with van der Waals surface area (Å²) in [6, 6.07) is 4.48. The van der Waals surface area contributed by atoms with Crippen LogP contribution in [0.4, 0.5) is 18.9 Å². The topological polar surface area (TPSA) is 52.6 Å². The van der Waals surface area contributed by atoms with Crippen molar-refractivity contribution in [3.63, 3.8) is 0 Å². The highest BCUT2D eigenvalue weighted by atomic mass is 19.4. The number of rotatable bonds is 6. The lowest BCUT2D eigenvalue weighted by atomic mass is 10.1. The second-order valence-electron chi connectivity index (χ2n) is 6.47. The van der Waals surface area contributed by atoms with Crippen LogP contribution in [0.5, 0.6) is 0 Å². The number of nitrogens with one attached hydrogen (secondary N) is 1. The third kappa shape index (κ3) is 5.45. The van der Waals surface area contributed by atoms with Gasteiger partial charge in [0, 0.05) is 25.2 Å². The summed E-state index contributed by atoms with van der Waals surface area (Å²) in [4.78, 5) is 27.9. The third-order valence-corrected chi connectivity index (χ3v) is 4.08. The first kappa shape index (κ1) is 19.2. The summed E-state index contributed by atoms with van der Waals surface area (Å²) < 4.78 is 38.1. The van der Waals surface area contributed by atoms with Crippen molar-refractivity contribution in [1.29, 1.82) is 0 Å². The number of halogens is 3. The highest BCUT2D eigenvalue weighted by molar-refractivity contribution is 5.97. The molecule has 138 valence electrons. The Bertz CT molecular complexity index is 632. The quantitative estimate of drug-likeness (QED) is 0.851. The van der Waals surface area contributed by atoms with Gasteiger partial charge in [0.2, 0.25) is 11.8 Å². The van der Waals surface area contributed by atoms with Gasteiger partial charge in [-0.1, -0.05) is 6.07 Å². The Morgan fingerprint density at radius 1 is 1.36 bits per heavy atom. The van der Waals surface area contributed by atoms with Gasteiger partial charge < -0.3 is 15.1 Å². The number of amides is 2. The summed E-state index contributed by atoms with van der Waals surface area (Å²) in [5.41, 5.74) is -0.739. The normalized spacial score (nSPS) is 18.1. The number of carbonyl (C=O) groups excluding carboxylic acids is 2. The van der Waals surface area contributed by atoms with Crippen molar-refractivity contribution >= 4 is 17.5 Å². The van der Waals surface area contributed by atoms with Crippen LogP contribution in [0.3, 0.4) is 0 Å². The zero-order chi connectivity index (χ0) is 18.6. The Labute approximate surface area is 144 Å². The minimum Gasteiger partial charge on any atom is -0.342 e. The first-order chi connectivity index (χ1) is 11.7. The Morgan fingerprint density at radius 2 is 2.08 bits per heavy atom. The molecule has 0 radical (unpaired) electrons. The molecule has 8 heteroatoms. The van der Waals surface area contributed by atoms with Crippen LogP contribution >= 0.6 is 0 Å². The van der Waals surface area contributed by atoms with E-state index in [-0.39, 0.29) is 18.0 Å². The van der Waals surface area contributed by atoms with Gasteiger partial charge in [0.15, 0.2) is 0 Å². The van der Waals surface area contributed by atoms with Gasteiger partial charge in [-0.3, -0.25) is 9.59 Å². The molecule has 0 saturated carbocycles. The van der Waals surface area contributed by atoms with Gasteiger partial charge in [-0.05, 0) is 45.3 Å². The maximum Gasteiger partial charge on any atom is 0.416 e. The van der Waals surface area contributed by atoms with E-state index in [2.05, 4.69) is 5.32 Å². The van der Waals surface area contributed by atoms with Crippen LogP contribution < -0.4 is 5.32 Å². The highest BCUT2D eigenvalue weighted by Crippen LogP contribution is 2.31. The zero-order valence-electron chi connectivity index (χ0n) is 14.3. The molecule has 1 aliphatic heterocycles. The molecule has 1 aliphatic rings. The van der Waals surface area contributed by atoms with Crippen LogP contribution in [0.15, 0.2) is 24.3 Å². The monoisotopic (exact) mass is 357 g/mol. The maximum absolute atomic E-state index is 12.7. The maximum atomic E-state index is 12.7. The summed E-state index contributed by atoms with van der Waals surface area (Å²) in [5.74, 6) is -1.06. The predicted molar refractivity (Wildman–Crippen MR) is 87.9 cm³/mol. The van der Waals surface area contributed by atoms with Crippen LogP contribution in [0.25, 0.3) is 0 Å². The van der Waals surface area contributed by atoms with Crippen molar-refractivity contribution < 1.29 is 22.8 Å². The standard InChI is InChI=1S/C17H22F3N3O2/c1-22(2)7-4-8-23-11-12(9-15(23)24)16(25)21-14-6-3-5-13(10-14)17(18,19)20/h3,5-6,10,12H,4,7-9,11H2,1-2H3,(H,21,25). The van der Waals surface area contributed by atoms with Gasteiger partial charge in [0.1, 0.15) is 0 Å². The first-order valence-electron chi connectivity index (χ1n) is 8.07. The Balaban J connectivity index is 1.92. The van der Waals surface area contributed by atoms with Gasteiger partial charge >= 0.3 is 6.18 Å². The molecule has 1 fully saturated rings. The molecule has 1 unspecified atom stereocenters. The summed E-state index contributed by atoms with van der Waals surface area (Å²) >= 11 is 0. The summed E-state index contributed by atoms with van der Waals surface area (Å²) in [7, 11) is 3.88. The average Bonchev–Trinajstić information content (AvgIpc) is 2.88. The van der Waals surface area contributed by atoms with Gasteiger partial charge in [0.05, 0.1) is 11.5 Å². The third-order valence-electron chi connectivity index (χ3n) is 4.08. The summed E-state index contributed by atoms with van der Waals surface area (Å²) in [6.45, 7) is 1.71. The lowest BCUT2D eigenvalue weighted by Crippen LogP contribution is -2.30. The largest absolute Gasteiger partial charge is 0.416 e. The van der Waals surface area contributed by atoms with Crippen LogP contribution in [0, 0.1) is 5.92 Å². The minimum absolute atomic E-state index is 0.0818. The molecule has 0 spiro atoms. The lowest BCUT2D eigenvalue weighted by Gasteiger charge is -2.18. The molecule has 1 heterocycles. The van der Waals surface area contributed by atoms with E-state index >= 15 is 0 Å². The van der Waals surface area contributed by atoms with E-state index in [1.807, 2.05) is 19.0 Å². The van der Waals surface area contributed by atoms with Crippen LogP contribution in [-0.2, 0) is 15.8 Å². The molecule has 5 nitrogen and oxygen atoms in total. The van der Waals surface area contributed by atoms with E-state index in [0.717, 1.165) is 25.1 Å². The zero-order valence-corrected chi connectivity index (χ0v) is 14.3. The number of benzene rings is 1. The van der Waals surface area contributed by atoms with E-state index in [4.69, 9.17) is 0 Å². The number of nitrogens with zero attached hydrogens (tertiary/aromatic N) is 2. The van der Waals surface area contributed by atoms with Crippen molar-refractivity contribution in [2.45, 2.75) is 19.0 Å². The Morgan fingerprint density at radius 3 is 2.72 bits per heavy atom. The van der Waals surface area contributed by atoms with Crippen LogP contribution in [0.1, 0.15) is 18.4 Å². The second kappa shape index (κ2) is 7.86. The summed E-state index contributed by atoms with van der Waals surface area (Å²) in [6.07, 6.45) is -3.57. The molecule has 0 aliphatic carbocycles. The molecule has 25 heavy (non-hydrogen) atoms. The predicted octanol–water partition coefficient (Wildman–Crippen LogP) is 2.44. The molecular formula is C17H22F3N3O2. The lowest BCUT2D eigenvalue weighted by molar-refractivity contribution is -0.137. The van der Waals surface area contributed by atoms with E-state index in [1.165, 1.54) is 12.1 Å². The molecule has 1 atom stereocenters. The molecule has 1 aromatic rings. The first-order valence-corrected chi connectivity index (χ1v) is 8.07. The second-order valence-corrected chi connectivity index (χ2v) is 6.47. The smallest absolute Gasteiger partial charge is 0.342 e. The van der Waals surface area contributed by atoms with Crippen LogP contribution in [-0.4, -0.2) is 55.3 Å². The van der Waals surface area contributed by atoms with Gasteiger partial charge in [0.25, 0.3) is 0 Å². The molecule has 0 bridgehead atoms. The molecule has 2 amide bonds. The molecule has 2 rings (SSSR count). The van der Waals surface area contributed by atoms with Crippen LogP contribution in [0.2, 0.25) is 0 Å². The fraction of sp³-hybridized carbons (Fsp3) is 0.529. The van der Waals surface area contributed by atoms with E-state index < -0.39 is 23.6 Å². The molecule has 1 N–H and O–H groups in total. The van der Waals surface area contributed by atoms with Gasteiger partial charge in [-0.2, -0.15) is 13.2 Å². The molecular weight excluding hydrogens is 335 g/mol. The molecule has 0 aromatic heterocycles. The number of hydrogen-bond acceptors (Lipinski definition) is 3. The molecule has 1 saturated heterocycles. The van der Waals surface area contributed by atoms with Gasteiger partial charge in [-0.15, -0.1) is 0 Å². The number of alkyl halides is 3. The Kier molecular flexibility index (Phi) is 6.05. The van der Waals surface area contributed by atoms with Gasteiger partial charge in [-0.25, -0.2) is 0 Å². The number of likely N-dealkylation sites (tertiary alicyclic amines) is 1. The fourth-order valence-electron chi connectivity index (χ4n) is 2.76.